The number of nitrogens with zero attached hydrogens (tertiary/aromatic N) is 4. The van der Waals surface area contributed by atoms with E-state index in [9.17, 15) is 13.2 Å². The van der Waals surface area contributed by atoms with E-state index in [2.05, 4.69) is 15.2 Å². The van der Waals surface area contributed by atoms with Gasteiger partial charge in [0.05, 0.1) is 18.1 Å². The van der Waals surface area contributed by atoms with Crippen LogP contribution in [0.5, 0.6) is 0 Å². The number of aromatic nitrogens is 2. The first kappa shape index (κ1) is 16.4. The normalized spacial score (nSPS) is 26.7. The van der Waals surface area contributed by atoms with Crippen molar-refractivity contribution in [1.29, 1.82) is 0 Å². The number of piperazine rings is 1. The Balaban J connectivity index is 1.60. The summed E-state index contributed by atoms with van der Waals surface area (Å²) < 4.78 is 29.1. The quantitative estimate of drug-likeness (QED) is 0.770. The number of hydrogen-bond donors (Lipinski definition) is 1. The number of aliphatic carboxylic acids is 1. The molecule has 2 atom stereocenters. The predicted molar refractivity (Wildman–Crippen MR) is 87.7 cm³/mol. The lowest BCUT2D eigenvalue weighted by atomic mass is 10.0. The summed E-state index contributed by atoms with van der Waals surface area (Å²) in [6, 6.07) is 5.10. The van der Waals surface area contributed by atoms with Crippen molar-refractivity contribution in [2.24, 2.45) is 0 Å². The van der Waals surface area contributed by atoms with E-state index >= 15 is 0 Å². The Morgan fingerprint density at radius 2 is 1.92 bits per heavy atom. The molecular formula is C15H18N4O5S. The third-order valence-corrected chi connectivity index (χ3v) is 6.69. The fraction of sp³-hybridized carbons (Fsp3) is 0.533. The molecular weight excluding hydrogens is 348 g/mol. The molecule has 1 aromatic carbocycles. The van der Waals surface area contributed by atoms with Crippen molar-refractivity contribution in [3.05, 3.63) is 23.8 Å². The number of rotatable bonds is 4. The number of sulfone groups is 1. The van der Waals surface area contributed by atoms with Gasteiger partial charge < -0.3 is 5.11 Å². The van der Waals surface area contributed by atoms with E-state index in [4.69, 9.17) is 9.74 Å². The maximum absolute atomic E-state index is 12.2. The molecule has 134 valence electrons. The third-order valence-electron chi connectivity index (χ3n) is 4.99. The Kier molecular flexibility index (Phi) is 3.97. The fourth-order valence-electron chi connectivity index (χ4n) is 3.87. The number of benzene rings is 1. The molecule has 2 aliphatic rings. The van der Waals surface area contributed by atoms with E-state index in [1.165, 1.54) is 0 Å². The second kappa shape index (κ2) is 6.04. The number of fused-ring (bicyclic) bond motifs is 2. The first-order chi connectivity index (χ1) is 11.9. The average Bonchev–Trinajstić information content (AvgIpc) is 3.13. The molecule has 4 rings (SSSR count). The summed E-state index contributed by atoms with van der Waals surface area (Å²) in [6.07, 6.45) is 0. The highest BCUT2D eigenvalue weighted by atomic mass is 32.2. The molecule has 0 spiro atoms. The van der Waals surface area contributed by atoms with Crippen LogP contribution in [-0.4, -0.2) is 82.8 Å². The van der Waals surface area contributed by atoms with Crippen molar-refractivity contribution in [3.63, 3.8) is 0 Å². The molecule has 1 N–H and O–H groups in total. The lowest BCUT2D eigenvalue weighted by Crippen LogP contribution is -2.59. The Morgan fingerprint density at radius 3 is 2.68 bits per heavy atom. The van der Waals surface area contributed by atoms with Crippen LogP contribution in [0, 0.1) is 0 Å². The van der Waals surface area contributed by atoms with Gasteiger partial charge in [0.15, 0.2) is 9.84 Å². The van der Waals surface area contributed by atoms with Gasteiger partial charge in [-0.15, -0.1) is 0 Å². The Bertz CT molecular complexity index is 912. The maximum atomic E-state index is 12.2. The first-order valence-corrected chi connectivity index (χ1v) is 9.85. The van der Waals surface area contributed by atoms with E-state index in [-0.39, 0.29) is 30.1 Å². The van der Waals surface area contributed by atoms with E-state index in [1.54, 1.807) is 4.90 Å². The van der Waals surface area contributed by atoms with Crippen LogP contribution in [0.1, 0.15) is 5.56 Å². The molecule has 2 aromatic rings. The number of carboxylic acid groups (broad SMARTS) is 1. The van der Waals surface area contributed by atoms with Crippen LogP contribution in [0.3, 0.4) is 0 Å². The van der Waals surface area contributed by atoms with Crippen molar-refractivity contribution >= 4 is 26.8 Å². The van der Waals surface area contributed by atoms with Crippen molar-refractivity contribution in [2.45, 2.75) is 18.6 Å². The molecule has 1 aromatic heterocycles. The van der Waals surface area contributed by atoms with Gasteiger partial charge in [0.2, 0.25) is 0 Å². The van der Waals surface area contributed by atoms with Gasteiger partial charge in [-0.3, -0.25) is 14.6 Å². The van der Waals surface area contributed by atoms with Crippen LogP contribution in [0.25, 0.3) is 11.0 Å². The van der Waals surface area contributed by atoms with Crippen LogP contribution in [0.4, 0.5) is 0 Å². The standard InChI is InChI=1S/C15H18N4O5S/c20-14(21)7-19-5-4-18(12-8-25(22,23)9-13(12)19)6-10-2-1-3-11-15(10)17-24-16-11/h1-3,12-13H,4-9H2,(H,20,21)/t12-,13+/m0/s1. The molecule has 2 saturated heterocycles. The highest BCUT2D eigenvalue weighted by molar-refractivity contribution is 7.91. The van der Waals surface area contributed by atoms with E-state index in [0.29, 0.717) is 30.7 Å². The zero-order valence-corrected chi connectivity index (χ0v) is 14.2. The predicted octanol–water partition coefficient (Wildman–Crippen LogP) is -0.409. The monoisotopic (exact) mass is 366 g/mol. The van der Waals surface area contributed by atoms with Crippen LogP contribution in [0.15, 0.2) is 22.8 Å². The van der Waals surface area contributed by atoms with Gasteiger partial charge in [0, 0.05) is 31.7 Å². The highest BCUT2D eigenvalue weighted by Gasteiger charge is 2.46. The minimum atomic E-state index is -3.18. The zero-order chi connectivity index (χ0) is 17.6. The maximum Gasteiger partial charge on any atom is 0.317 e. The summed E-state index contributed by atoms with van der Waals surface area (Å²) in [5.41, 5.74) is 2.26. The molecule has 0 radical (unpaired) electrons. The molecule has 2 fully saturated rings. The Morgan fingerprint density at radius 1 is 1.20 bits per heavy atom. The van der Waals surface area contributed by atoms with Gasteiger partial charge in [-0.05, 0) is 21.9 Å². The third kappa shape index (κ3) is 3.12. The number of carbonyl (C=O) groups is 1. The van der Waals surface area contributed by atoms with Gasteiger partial charge in [-0.1, -0.05) is 12.1 Å². The molecule has 3 heterocycles. The summed E-state index contributed by atoms with van der Waals surface area (Å²) in [5, 5.41) is 16.8. The van der Waals surface area contributed by atoms with E-state index < -0.39 is 15.8 Å². The van der Waals surface area contributed by atoms with Crippen LogP contribution in [0.2, 0.25) is 0 Å². The summed E-state index contributed by atoms with van der Waals surface area (Å²) in [7, 11) is -3.18. The molecule has 0 aliphatic carbocycles. The van der Waals surface area contributed by atoms with Crippen LogP contribution < -0.4 is 0 Å². The Hall–Kier alpha value is -2.04. The van der Waals surface area contributed by atoms with Crippen molar-refractivity contribution in [3.8, 4) is 0 Å². The molecule has 10 heteroatoms. The summed E-state index contributed by atoms with van der Waals surface area (Å²) in [5.74, 6) is -0.868. The fourth-order valence-corrected chi connectivity index (χ4v) is 5.91. The largest absolute Gasteiger partial charge is 0.480 e. The topological polar surface area (TPSA) is 117 Å². The molecule has 0 saturated carbocycles. The number of carboxylic acids is 1. The molecule has 9 nitrogen and oxygen atoms in total. The minimum Gasteiger partial charge on any atom is -0.480 e. The minimum absolute atomic E-state index is 0.0111. The van der Waals surface area contributed by atoms with Gasteiger partial charge >= 0.3 is 5.97 Å². The van der Waals surface area contributed by atoms with Crippen molar-refractivity contribution in [2.75, 3.05) is 31.1 Å². The van der Waals surface area contributed by atoms with Gasteiger partial charge in [-0.2, -0.15) is 0 Å². The first-order valence-electron chi connectivity index (χ1n) is 8.03. The summed E-state index contributed by atoms with van der Waals surface area (Å²) >= 11 is 0. The lowest BCUT2D eigenvalue weighted by Gasteiger charge is -2.43. The second-order valence-corrected chi connectivity index (χ2v) is 8.75. The van der Waals surface area contributed by atoms with Gasteiger partial charge in [0.25, 0.3) is 0 Å². The molecule has 0 bridgehead atoms. The SMILES string of the molecule is O=C(O)CN1CCN(Cc2cccc3nonc23)[C@H]2CS(=O)(=O)C[C@H]21. The number of hydrogen-bond acceptors (Lipinski definition) is 8. The lowest BCUT2D eigenvalue weighted by molar-refractivity contribution is -0.139. The molecule has 25 heavy (non-hydrogen) atoms. The van der Waals surface area contributed by atoms with Crippen molar-refractivity contribution < 1.29 is 22.9 Å². The average molecular weight is 366 g/mol. The highest BCUT2D eigenvalue weighted by Crippen LogP contribution is 2.29. The van der Waals surface area contributed by atoms with E-state index in [1.807, 2.05) is 18.2 Å². The summed E-state index contributed by atoms with van der Waals surface area (Å²) in [4.78, 5) is 15.0. The van der Waals surface area contributed by atoms with Crippen molar-refractivity contribution in [1.82, 2.24) is 20.1 Å². The molecule has 0 amide bonds. The molecule has 2 aliphatic heterocycles. The zero-order valence-electron chi connectivity index (χ0n) is 13.4. The summed E-state index contributed by atoms with van der Waals surface area (Å²) in [6.45, 7) is 1.53. The second-order valence-electron chi connectivity index (χ2n) is 6.60. The van der Waals surface area contributed by atoms with Crippen LogP contribution >= 0.6 is 0 Å². The smallest absolute Gasteiger partial charge is 0.317 e. The van der Waals surface area contributed by atoms with Crippen LogP contribution in [-0.2, 0) is 21.2 Å². The van der Waals surface area contributed by atoms with Gasteiger partial charge in [-0.25, -0.2) is 13.0 Å². The van der Waals surface area contributed by atoms with E-state index in [0.717, 1.165) is 5.56 Å². The molecule has 0 unspecified atom stereocenters. The van der Waals surface area contributed by atoms with Gasteiger partial charge in [0.1, 0.15) is 11.0 Å². The Labute approximate surface area is 144 Å².